The number of hydrogen-bond acceptors (Lipinski definition) is 8. The maximum absolute atomic E-state index is 13.1. The Hall–Kier alpha value is -5.13. The zero-order chi connectivity index (χ0) is 36.1. The molecule has 4 aromatic rings. The van der Waals surface area contributed by atoms with E-state index in [0.717, 1.165) is 22.3 Å². The first-order valence-electron chi connectivity index (χ1n) is 16.2. The average Bonchev–Trinajstić information content (AvgIpc) is 3.09. The summed E-state index contributed by atoms with van der Waals surface area (Å²) in [4.78, 5) is 21.5. The third kappa shape index (κ3) is 8.71. The Morgan fingerprint density at radius 1 is 0.820 bits per heavy atom. The number of carbonyl (C=O) groups is 1. The molecule has 1 fully saturated rings. The third-order valence-electron chi connectivity index (χ3n) is 8.34. The Morgan fingerprint density at radius 3 is 1.98 bits per heavy atom. The first-order valence-corrected chi connectivity index (χ1v) is 16.2. The van der Waals surface area contributed by atoms with Gasteiger partial charge in [0.1, 0.15) is 11.4 Å². The van der Waals surface area contributed by atoms with Gasteiger partial charge in [0.2, 0.25) is 5.75 Å². The topological polar surface area (TPSA) is 82.6 Å². The van der Waals surface area contributed by atoms with Crippen LogP contribution in [0.3, 0.4) is 0 Å². The summed E-state index contributed by atoms with van der Waals surface area (Å²) in [5.74, 6) is 1.13. The highest BCUT2D eigenvalue weighted by atomic mass is 19.4. The van der Waals surface area contributed by atoms with Crippen LogP contribution in [-0.4, -0.2) is 68.4 Å². The quantitative estimate of drug-likeness (QED) is 0.163. The summed E-state index contributed by atoms with van der Waals surface area (Å²) in [7, 11) is 4.65. The van der Waals surface area contributed by atoms with Crippen LogP contribution in [0.4, 0.5) is 23.7 Å². The van der Waals surface area contributed by atoms with Gasteiger partial charge in [0.25, 0.3) is 0 Å². The van der Waals surface area contributed by atoms with Crippen LogP contribution in [0.1, 0.15) is 50.8 Å². The number of rotatable bonds is 10. The fourth-order valence-electron chi connectivity index (χ4n) is 6.21. The number of likely N-dealkylation sites (tertiary alicyclic amines) is 1. The molecule has 1 aliphatic rings. The van der Waals surface area contributed by atoms with Crippen LogP contribution >= 0.6 is 0 Å². The molecule has 1 aliphatic heterocycles. The number of amides is 1. The van der Waals surface area contributed by atoms with E-state index in [4.69, 9.17) is 18.9 Å². The predicted octanol–water partition coefficient (Wildman–Crippen LogP) is 8.67. The average molecular weight is 694 g/mol. The summed E-state index contributed by atoms with van der Waals surface area (Å²) < 4.78 is 65.8. The lowest BCUT2D eigenvalue weighted by atomic mass is 9.91. The van der Waals surface area contributed by atoms with Crippen LogP contribution in [0.2, 0.25) is 0 Å². The van der Waals surface area contributed by atoms with E-state index in [1.54, 1.807) is 50.8 Å². The fourth-order valence-corrected chi connectivity index (χ4v) is 6.21. The molecule has 0 saturated carbocycles. The smallest absolute Gasteiger partial charge is 0.493 e. The standard InChI is InChI=1S/C38H42F3N3O6/c1-37(2,3)50-36(45)43-18-16-30(17-19-43)44(29-12-14-31(15-13-29)49-38(39,40)41)34(25-10-8-7-9-11-25)28-20-27(23-42-24-28)26-21-32(46-4)35(48-6)33(22-26)47-5/h7-15,20-24,30,34H,16-19H2,1-6H3. The van der Waals surface area contributed by atoms with Crippen molar-refractivity contribution >= 4 is 11.8 Å². The van der Waals surface area contributed by atoms with Crippen molar-refractivity contribution in [3.63, 3.8) is 0 Å². The van der Waals surface area contributed by atoms with E-state index in [2.05, 4.69) is 14.6 Å². The number of pyridine rings is 1. The van der Waals surface area contributed by atoms with Crippen molar-refractivity contribution in [1.82, 2.24) is 9.88 Å². The van der Waals surface area contributed by atoms with Gasteiger partial charge in [-0.2, -0.15) is 0 Å². The van der Waals surface area contributed by atoms with Gasteiger partial charge in [-0.3, -0.25) is 4.98 Å². The van der Waals surface area contributed by atoms with Gasteiger partial charge in [0.05, 0.1) is 27.4 Å². The third-order valence-corrected chi connectivity index (χ3v) is 8.34. The first kappa shape index (κ1) is 36.2. The zero-order valence-electron chi connectivity index (χ0n) is 29.0. The predicted molar refractivity (Wildman–Crippen MR) is 184 cm³/mol. The molecule has 0 bridgehead atoms. The van der Waals surface area contributed by atoms with Crippen molar-refractivity contribution in [2.75, 3.05) is 39.3 Å². The number of ether oxygens (including phenoxy) is 5. The minimum atomic E-state index is -4.82. The van der Waals surface area contributed by atoms with Gasteiger partial charge in [0, 0.05) is 42.8 Å². The summed E-state index contributed by atoms with van der Waals surface area (Å²) in [6.45, 7) is 6.37. The molecule has 0 spiro atoms. The molecule has 1 amide bonds. The van der Waals surface area contributed by atoms with Crippen LogP contribution in [-0.2, 0) is 4.74 Å². The molecule has 0 N–H and O–H groups in total. The molecule has 1 unspecified atom stereocenters. The summed E-state index contributed by atoms with van der Waals surface area (Å²) in [5.41, 5.74) is 3.41. The number of alkyl halides is 3. The minimum Gasteiger partial charge on any atom is -0.493 e. The number of methoxy groups -OCH3 is 3. The Balaban J connectivity index is 1.60. The Kier molecular flexibility index (Phi) is 11.0. The minimum absolute atomic E-state index is 0.113. The second-order valence-corrected chi connectivity index (χ2v) is 12.9. The first-order chi connectivity index (χ1) is 23.8. The number of piperidine rings is 1. The normalized spacial score (nSPS) is 14.5. The highest BCUT2D eigenvalue weighted by molar-refractivity contribution is 5.72. The monoisotopic (exact) mass is 693 g/mol. The van der Waals surface area contributed by atoms with Crippen LogP contribution in [0, 0.1) is 0 Å². The highest BCUT2D eigenvalue weighted by Crippen LogP contribution is 2.43. The molecule has 12 heteroatoms. The van der Waals surface area contributed by atoms with E-state index in [1.165, 1.54) is 12.1 Å². The second kappa shape index (κ2) is 15.2. The lowest BCUT2D eigenvalue weighted by Gasteiger charge is -2.44. The molecular weight excluding hydrogens is 651 g/mol. The van der Waals surface area contributed by atoms with Gasteiger partial charge in [0.15, 0.2) is 11.5 Å². The zero-order valence-corrected chi connectivity index (χ0v) is 29.0. The number of halogens is 3. The molecule has 2 heterocycles. The molecule has 1 aromatic heterocycles. The SMILES string of the molecule is COc1cc(-c2cncc(C(c3ccccc3)N(c3ccc(OC(F)(F)F)cc3)C3CCN(C(=O)OC(C)(C)C)CC3)c2)cc(OC)c1OC. The molecule has 5 rings (SSSR count). The van der Waals surface area contributed by atoms with E-state index < -0.39 is 18.0 Å². The molecule has 3 aromatic carbocycles. The van der Waals surface area contributed by atoms with Gasteiger partial charge in [-0.15, -0.1) is 13.2 Å². The Bertz CT molecular complexity index is 1710. The summed E-state index contributed by atoms with van der Waals surface area (Å²) >= 11 is 0. The maximum Gasteiger partial charge on any atom is 0.573 e. The number of benzene rings is 3. The molecule has 1 atom stereocenters. The molecule has 0 aliphatic carbocycles. The Labute approximate surface area is 290 Å². The lowest BCUT2D eigenvalue weighted by Crippen LogP contribution is -2.49. The Morgan fingerprint density at radius 2 is 1.44 bits per heavy atom. The van der Waals surface area contributed by atoms with Crippen molar-refractivity contribution < 1.29 is 41.7 Å². The van der Waals surface area contributed by atoms with Gasteiger partial charge >= 0.3 is 12.5 Å². The molecule has 9 nitrogen and oxygen atoms in total. The fraction of sp³-hybridized carbons (Fsp3) is 0.368. The number of anilines is 1. The summed E-state index contributed by atoms with van der Waals surface area (Å²) in [6, 6.07) is 21.0. The van der Waals surface area contributed by atoms with Crippen LogP contribution < -0.4 is 23.8 Å². The van der Waals surface area contributed by atoms with Crippen molar-refractivity contribution in [2.45, 2.75) is 57.7 Å². The van der Waals surface area contributed by atoms with E-state index in [-0.39, 0.29) is 17.9 Å². The van der Waals surface area contributed by atoms with Crippen molar-refractivity contribution in [3.8, 4) is 34.1 Å². The number of nitrogens with zero attached hydrogens (tertiary/aromatic N) is 3. The molecule has 266 valence electrons. The van der Waals surface area contributed by atoms with E-state index in [0.29, 0.717) is 48.9 Å². The second-order valence-electron chi connectivity index (χ2n) is 12.9. The lowest BCUT2D eigenvalue weighted by molar-refractivity contribution is -0.274. The van der Waals surface area contributed by atoms with Gasteiger partial charge in [-0.1, -0.05) is 30.3 Å². The van der Waals surface area contributed by atoms with E-state index >= 15 is 0 Å². The van der Waals surface area contributed by atoms with Crippen LogP contribution in [0.15, 0.2) is 85.2 Å². The molecule has 50 heavy (non-hydrogen) atoms. The maximum atomic E-state index is 13.1. The number of hydrogen-bond donors (Lipinski definition) is 0. The molecule has 1 saturated heterocycles. The van der Waals surface area contributed by atoms with Gasteiger partial charge < -0.3 is 33.5 Å². The van der Waals surface area contributed by atoms with Gasteiger partial charge in [-0.25, -0.2) is 4.79 Å². The van der Waals surface area contributed by atoms with Crippen LogP contribution in [0.25, 0.3) is 11.1 Å². The van der Waals surface area contributed by atoms with Crippen molar-refractivity contribution in [1.29, 1.82) is 0 Å². The van der Waals surface area contributed by atoms with Crippen LogP contribution in [0.5, 0.6) is 23.0 Å². The largest absolute Gasteiger partial charge is 0.573 e. The summed E-state index contributed by atoms with van der Waals surface area (Å²) in [6.07, 6.45) is -0.478. The van der Waals surface area contributed by atoms with E-state index in [1.807, 2.05) is 69.3 Å². The number of aromatic nitrogens is 1. The van der Waals surface area contributed by atoms with Crippen molar-refractivity contribution in [3.05, 3.63) is 96.3 Å². The molecular formula is C38H42F3N3O6. The number of carbonyl (C=O) groups excluding carboxylic acids is 1. The molecule has 0 radical (unpaired) electrons. The summed E-state index contributed by atoms with van der Waals surface area (Å²) in [5, 5.41) is 0. The van der Waals surface area contributed by atoms with Crippen molar-refractivity contribution in [2.24, 2.45) is 0 Å². The highest BCUT2D eigenvalue weighted by Gasteiger charge is 2.35. The van der Waals surface area contributed by atoms with E-state index in [9.17, 15) is 18.0 Å². The van der Waals surface area contributed by atoms with Gasteiger partial charge in [-0.05, 0) is 92.8 Å².